The van der Waals surface area contributed by atoms with Gasteiger partial charge in [-0.25, -0.2) is 4.79 Å². The Morgan fingerprint density at radius 2 is 1.57 bits per heavy atom. The van der Waals surface area contributed by atoms with Crippen molar-refractivity contribution in [1.82, 2.24) is 15.2 Å². The molecule has 2 N–H and O–H groups in total. The van der Waals surface area contributed by atoms with Gasteiger partial charge in [-0.1, -0.05) is 24.3 Å². The molecule has 0 spiro atoms. The zero-order valence-electron chi connectivity index (χ0n) is 16.3. The summed E-state index contributed by atoms with van der Waals surface area (Å²) in [6.07, 6.45) is 0. The molecule has 0 atom stereocenters. The maximum atomic E-state index is 12.7. The van der Waals surface area contributed by atoms with E-state index in [4.69, 9.17) is 9.47 Å². The minimum absolute atomic E-state index is 0.121. The van der Waals surface area contributed by atoms with Crippen LogP contribution in [0.1, 0.15) is 0 Å². The van der Waals surface area contributed by atoms with Crippen LogP contribution in [0.25, 0.3) is 21.8 Å². The highest BCUT2D eigenvalue weighted by atomic mass is 16.5. The number of ether oxygens (including phenoxy) is 2. The normalized spacial score (nSPS) is 10.7. The van der Waals surface area contributed by atoms with Crippen LogP contribution >= 0.6 is 0 Å². The molecule has 0 bridgehead atoms. The number of esters is 1. The van der Waals surface area contributed by atoms with Crippen molar-refractivity contribution < 1.29 is 23.9 Å². The van der Waals surface area contributed by atoms with E-state index in [9.17, 15) is 19.2 Å². The second-order valence-corrected chi connectivity index (χ2v) is 6.41. The molecule has 9 heteroatoms. The zero-order valence-corrected chi connectivity index (χ0v) is 16.3. The van der Waals surface area contributed by atoms with E-state index in [1.807, 2.05) is 0 Å². The Balaban J connectivity index is 1.71. The molecule has 0 aliphatic carbocycles. The van der Waals surface area contributed by atoms with Crippen LogP contribution in [0, 0.1) is 0 Å². The highest BCUT2D eigenvalue weighted by molar-refractivity contribution is 5.96. The van der Waals surface area contributed by atoms with Gasteiger partial charge in [0.05, 0.1) is 17.6 Å². The van der Waals surface area contributed by atoms with Crippen LogP contribution in [0.3, 0.4) is 0 Å². The number of amides is 3. The fourth-order valence-electron chi connectivity index (χ4n) is 3.04. The Bertz CT molecular complexity index is 1090. The molecular formula is C21H21N3O6. The van der Waals surface area contributed by atoms with Gasteiger partial charge in [-0.15, -0.1) is 0 Å². The lowest BCUT2D eigenvalue weighted by atomic mass is 10.1. The van der Waals surface area contributed by atoms with E-state index in [1.165, 1.54) is 7.11 Å². The number of hydrogen-bond donors (Lipinski definition) is 2. The maximum absolute atomic E-state index is 12.7. The summed E-state index contributed by atoms with van der Waals surface area (Å²) in [6.45, 7) is -0.263. The number of methoxy groups -OCH3 is 1. The van der Waals surface area contributed by atoms with Gasteiger partial charge in [0.2, 0.25) is 0 Å². The lowest BCUT2D eigenvalue weighted by molar-refractivity contribution is -0.148. The summed E-state index contributed by atoms with van der Waals surface area (Å²) in [5.41, 5.74) is 1.05. The molecular weight excluding hydrogens is 390 g/mol. The van der Waals surface area contributed by atoms with Gasteiger partial charge in [0.15, 0.2) is 12.0 Å². The topological polar surface area (TPSA) is 116 Å². The van der Waals surface area contributed by atoms with Crippen LogP contribution < -0.4 is 16.1 Å². The van der Waals surface area contributed by atoms with Crippen molar-refractivity contribution in [1.29, 1.82) is 0 Å². The summed E-state index contributed by atoms with van der Waals surface area (Å²) >= 11 is 0. The third-order valence-electron chi connectivity index (χ3n) is 4.38. The molecule has 0 saturated heterocycles. The fraction of sp³-hybridized carbons (Fsp3) is 0.238. The van der Waals surface area contributed by atoms with E-state index in [1.54, 1.807) is 53.1 Å². The van der Waals surface area contributed by atoms with Crippen molar-refractivity contribution in [2.75, 3.05) is 26.9 Å². The summed E-state index contributed by atoms with van der Waals surface area (Å²) in [6, 6.07) is 13.2. The monoisotopic (exact) mass is 411 g/mol. The number of para-hydroxylation sites is 2. The van der Waals surface area contributed by atoms with E-state index < -0.39 is 24.5 Å². The van der Waals surface area contributed by atoms with Crippen molar-refractivity contribution in [2.45, 2.75) is 6.54 Å². The van der Waals surface area contributed by atoms with Crippen LogP contribution in [0.5, 0.6) is 0 Å². The molecule has 30 heavy (non-hydrogen) atoms. The molecule has 1 heterocycles. The second-order valence-electron chi connectivity index (χ2n) is 6.41. The smallest absolute Gasteiger partial charge is 0.326 e. The highest BCUT2D eigenvalue weighted by Gasteiger charge is 2.15. The minimum atomic E-state index is -0.757. The molecule has 3 rings (SSSR count). The van der Waals surface area contributed by atoms with Crippen molar-refractivity contribution >= 4 is 39.7 Å². The second kappa shape index (κ2) is 9.66. The SMILES string of the molecule is COCCNC(=O)NC(=O)COC(=O)Cn1c2ccccc2c(=O)c2ccccc21. The molecule has 1 aromatic heterocycles. The van der Waals surface area contributed by atoms with Crippen LogP contribution in [-0.4, -0.2) is 49.3 Å². The summed E-state index contributed by atoms with van der Waals surface area (Å²) < 4.78 is 11.5. The molecule has 0 saturated carbocycles. The number of nitrogens with one attached hydrogen (secondary N) is 2. The van der Waals surface area contributed by atoms with Gasteiger partial charge in [-0.3, -0.25) is 19.7 Å². The van der Waals surface area contributed by atoms with Crippen LogP contribution in [-0.2, 0) is 25.6 Å². The first-order valence-electron chi connectivity index (χ1n) is 9.24. The number of aromatic nitrogens is 1. The number of rotatable bonds is 7. The van der Waals surface area contributed by atoms with Crippen LogP contribution in [0.4, 0.5) is 4.79 Å². The largest absolute Gasteiger partial charge is 0.454 e. The maximum Gasteiger partial charge on any atom is 0.326 e. The Hall–Kier alpha value is -3.72. The lowest BCUT2D eigenvalue weighted by Crippen LogP contribution is -2.42. The van der Waals surface area contributed by atoms with Gasteiger partial charge in [0.1, 0.15) is 6.54 Å². The van der Waals surface area contributed by atoms with Gasteiger partial charge < -0.3 is 19.4 Å². The highest BCUT2D eigenvalue weighted by Crippen LogP contribution is 2.19. The first-order valence-corrected chi connectivity index (χ1v) is 9.24. The number of urea groups is 1. The molecule has 156 valence electrons. The molecule has 2 aromatic carbocycles. The third-order valence-corrected chi connectivity index (χ3v) is 4.38. The number of pyridine rings is 1. The number of carbonyl (C=O) groups excluding carboxylic acids is 3. The van der Waals surface area contributed by atoms with E-state index in [0.717, 1.165) is 0 Å². The number of carbonyl (C=O) groups is 3. The predicted octanol–water partition coefficient (Wildman–Crippen LogP) is 1.17. The summed E-state index contributed by atoms with van der Waals surface area (Å²) in [5.74, 6) is -1.43. The number of benzene rings is 2. The predicted molar refractivity (Wildman–Crippen MR) is 110 cm³/mol. The van der Waals surface area contributed by atoms with Gasteiger partial charge in [-0.2, -0.15) is 0 Å². The number of hydrogen-bond acceptors (Lipinski definition) is 6. The zero-order chi connectivity index (χ0) is 21.5. The summed E-state index contributed by atoms with van der Waals surface area (Å²) in [4.78, 5) is 48.4. The van der Waals surface area contributed by atoms with Crippen LogP contribution in [0.15, 0.2) is 53.3 Å². The van der Waals surface area contributed by atoms with Gasteiger partial charge in [0.25, 0.3) is 5.91 Å². The molecule has 3 amide bonds. The summed E-state index contributed by atoms with van der Waals surface area (Å²) in [5, 5.41) is 5.43. The van der Waals surface area contributed by atoms with Crippen molar-refractivity contribution in [3.05, 3.63) is 58.8 Å². The van der Waals surface area contributed by atoms with Gasteiger partial charge >= 0.3 is 12.0 Å². The quantitative estimate of drug-likeness (QED) is 0.343. The standard InChI is InChI=1S/C21H21N3O6/c1-29-11-10-22-21(28)23-18(25)13-30-19(26)12-24-16-8-4-2-6-14(16)20(27)15-7-3-5-9-17(15)24/h2-9H,10-13H2,1H3,(H2,22,23,25,28). The Morgan fingerprint density at radius 1 is 0.967 bits per heavy atom. The van der Waals surface area contributed by atoms with E-state index in [-0.39, 0.29) is 18.5 Å². The van der Waals surface area contributed by atoms with E-state index >= 15 is 0 Å². The van der Waals surface area contributed by atoms with Crippen molar-refractivity contribution in [3.63, 3.8) is 0 Å². The Kier molecular flexibility index (Phi) is 6.76. The summed E-state index contributed by atoms with van der Waals surface area (Å²) in [7, 11) is 1.49. The van der Waals surface area contributed by atoms with Gasteiger partial charge in [0, 0.05) is 24.4 Å². The molecule has 0 unspecified atom stereocenters. The number of imide groups is 1. The Labute approximate surface area is 171 Å². The number of nitrogens with zero attached hydrogens (tertiary/aromatic N) is 1. The van der Waals surface area contributed by atoms with E-state index in [2.05, 4.69) is 10.6 Å². The first kappa shape index (κ1) is 21.0. The average Bonchev–Trinajstić information content (AvgIpc) is 2.75. The molecule has 9 nitrogen and oxygen atoms in total. The Morgan fingerprint density at radius 3 is 2.17 bits per heavy atom. The fourth-order valence-corrected chi connectivity index (χ4v) is 3.04. The molecule has 0 fully saturated rings. The van der Waals surface area contributed by atoms with Gasteiger partial charge in [-0.05, 0) is 24.3 Å². The molecule has 0 radical (unpaired) electrons. The van der Waals surface area contributed by atoms with E-state index in [0.29, 0.717) is 28.4 Å². The molecule has 0 aliphatic rings. The number of fused-ring (bicyclic) bond motifs is 2. The van der Waals surface area contributed by atoms with Crippen molar-refractivity contribution in [2.24, 2.45) is 0 Å². The molecule has 0 aliphatic heterocycles. The average molecular weight is 411 g/mol. The third kappa shape index (κ3) is 4.81. The van der Waals surface area contributed by atoms with Crippen molar-refractivity contribution in [3.8, 4) is 0 Å². The molecule has 3 aromatic rings. The lowest BCUT2D eigenvalue weighted by Gasteiger charge is -2.14. The first-order chi connectivity index (χ1) is 14.5. The van der Waals surface area contributed by atoms with Crippen LogP contribution in [0.2, 0.25) is 0 Å². The minimum Gasteiger partial charge on any atom is -0.454 e.